The Balaban J connectivity index is 1.71. The van der Waals surface area contributed by atoms with E-state index in [1.54, 1.807) is 0 Å². The van der Waals surface area contributed by atoms with Crippen molar-refractivity contribution in [3.05, 3.63) is 0 Å². The monoisotopic (exact) mass is 240 g/mol. The molecule has 0 bridgehead atoms. The van der Waals surface area contributed by atoms with Crippen LogP contribution in [0.1, 0.15) is 51.9 Å². The van der Waals surface area contributed by atoms with E-state index in [0.717, 1.165) is 18.9 Å². The molecule has 3 nitrogen and oxygen atoms in total. The maximum atomic E-state index is 9.66. The lowest BCUT2D eigenvalue weighted by atomic mass is 9.91. The van der Waals surface area contributed by atoms with Gasteiger partial charge in [0.1, 0.15) is 0 Å². The number of hydrogen-bond donors (Lipinski definition) is 2. The first-order chi connectivity index (χ1) is 8.19. The highest BCUT2D eigenvalue weighted by molar-refractivity contribution is 4.94. The number of aliphatic hydroxyl groups is 1. The largest absolute Gasteiger partial charge is 0.394 e. The van der Waals surface area contributed by atoms with Crippen LogP contribution >= 0.6 is 0 Å². The molecule has 100 valence electrons. The Morgan fingerprint density at radius 3 is 2.47 bits per heavy atom. The summed E-state index contributed by atoms with van der Waals surface area (Å²) in [7, 11) is 2.23. The summed E-state index contributed by atoms with van der Waals surface area (Å²) in [4.78, 5) is 2.48. The highest BCUT2D eigenvalue weighted by Gasteiger charge is 2.34. The molecular formula is C14H28N2O. The molecule has 2 aliphatic rings. The van der Waals surface area contributed by atoms with Gasteiger partial charge in [0.2, 0.25) is 0 Å². The molecule has 0 spiro atoms. The zero-order chi connectivity index (χ0) is 12.3. The molecule has 2 rings (SSSR count). The lowest BCUT2D eigenvalue weighted by Gasteiger charge is -2.33. The van der Waals surface area contributed by atoms with E-state index in [1.165, 1.54) is 38.6 Å². The molecule has 0 aromatic heterocycles. The van der Waals surface area contributed by atoms with Gasteiger partial charge in [-0.15, -0.1) is 0 Å². The predicted octanol–water partition coefficient (Wildman–Crippen LogP) is 1.75. The number of rotatable bonds is 9. The second kappa shape index (κ2) is 5.68. The molecule has 0 amide bonds. The van der Waals surface area contributed by atoms with Gasteiger partial charge in [-0.1, -0.05) is 6.92 Å². The molecule has 2 fully saturated rings. The van der Waals surface area contributed by atoms with E-state index >= 15 is 0 Å². The van der Waals surface area contributed by atoms with Gasteiger partial charge < -0.3 is 15.3 Å². The van der Waals surface area contributed by atoms with Gasteiger partial charge in [-0.25, -0.2) is 0 Å². The van der Waals surface area contributed by atoms with Crippen LogP contribution in [0.4, 0.5) is 0 Å². The molecule has 0 aromatic carbocycles. The zero-order valence-electron chi connectivity index (χ0n) is 11.4. The predicted molar refractivity (Wildman–Crippen MR) is 71.2 cm³/mol. The van der Waals surface area contributed by atoms with Crippen molar-refractivity contribution in [2.24, 2.45) is 0 Å². The SMILES string of the molecule is CCC(CO)(CCCN(C)C1CC1)NC1CC1. The minimum Gasteiger partial charge on any atom is -0.394 e. The summed E-state index contributed by atoms with van der Waals surface area (Å²) in [5, 5.41) is 13.3. The van der Waals surface area contributed by atoms with E-state index in [4.69, 9.17) is 0 Å². The summed E-state index contributed by atoms with van der Waals surface area (Å²) < 4.78 is 0. The summed E-state index contributed by atoms with van der Waals surface area (Å²) in [5.41, 5.74) is -0.00838. The molecule has 2 saturated carbocycles. The van der Waals surface area contributed by atoms with E-state index in [9.17, 15) is 5.11 Å². The molecular weight excluding hydrogens is 212 g/mol. The fraction of sp³-hybridized carbons (Fsp3) is 1.00. The maximum Gasteiger partial charge on any atom is 0.0613 e. The number of aliphatic hydroxyl groups excluding tert-OH is 1. The highest BCUT2D eigenvalue weighted by Crippen LogP contribution is 2.28. The van der Waals surface area contributed by atoms with Gasteiger partial charge in [-0.05, 0) is 58.5 Å². The number of hydrogen-bond acceptors (Lipinski definition) is 3. The molecule has 17 heavy (non-hydrogen) atoms. The van der Waals surface area contributed by atoms with Crippen LogP contribution in [0.2, 0.25) is 0 Å². The van der Waals surface area contributed by atoms with Crippen molar-refractivity contribution in [1.82, 2.24) is 10.2 Å². The first kappa shape index (κ1) is 13.3. The highest BCUT2D eigenvalue weighted by atomic mass is 16.3. The topological polar surface area (TPSA) is 35.5 Å². The van der Waals surface area contributed by atoms with Crippen LogP contribution in [0, 0.1) is 0 Å². The van der Waals surface area contributed by atoms with Crippen molar-refractivity contribution in [3.8, 4) is 0 Å². The molecule has 2 N–H and O–H groups in total. The van der Waals surface area contributed by atoms with Crippen molar-refractivity contribution in [1.29, 1.82) is 0 Å². The van der Waals surface area contributed by atoms with Gasteiger partial charge in [-0.3, -0.25) is 0 Å². The van der Waals surface area contributed by atoms with Gasteiger partial charge >= 0.3 is 0 Å². The lowest BCUT2D eigenvalue weighted by molar-refractivity contribution is 0.137. The molecule has 3 heteroatoms. The molecule has 1 atom stereocenters. The standard InChI is InChI=1S/C14H28N2O/c1-3-14(11-17,15-12-5-6-12)9-4-10-16(2)13-7-8-13/h12-13,15,17H,3-11H2,1-2H3. The first-order valence-electron chi connectivity index (χ1n) is 7.28. The molecule has 1 unspecified atom stereocenters. The molecule has 0 radical (unpaired) electrons. The van der Waals surface area contributed by atoms with E-state index in [1.807, 2.05) is 0 Å². The van der Waals surface area contributed by atoms with Crippen molar-refractivity contribution < 1.29 is 5.11 Å². The van der Waals surface area contributed by atoms with Crippen molar-refractivity contribution in [3.63, 3.8) is 0 Å². The molecule has 0 heterocycles. The second-order valence-corrected chi connectivity index (χ2v) is 6.03. The Morgan fingerprint density at radius 2 is 2.00 bits per heavy atom. The van der Waals surface area contributed by atoms with Gasteiger partial charge in [0.05, 0.1) is 6.61 Å². The normalized spacial score (nSPS) is 24.0. The van der Waals surface area contributed by atoms with Crippen LogP contribution in [0.5, 0.6) is 0 Å². The smallest absolute Gasteiger partial charge is 0.0613 e. The van der Waals surface area contributed by atoms with Crippen LogP contribution in [0.15, 0.2) is 0 Å². The Morgan fingerprint density at radius 1 is 1.29 bits per heavy atom. The van der Waals surface area contributed by atoms with Crippen molar-refractivity contribution in [2.75, 3.05) is 20.2 Å². The fourth-order valence-corrected chi connectivity index (χ4v) is 2.61. The van der Waals surface area contributed by atoms with Crippen LogP contribution in [0.3, 0.4) is 0 Å². The van der Waals surface area contributed by atoms with E-state index in [-0.39, 0.29) is 12.1 Å². The van der Waals surface area contributed by atoms with Gasteiger partial charge in [0, 0.05) is 17.6 Å². The summed E-state index contributed by atoms with van der Waals surface area (Å²) in [6, 6.07) is 1.54. The second-order valence-electron chi connectivity index (χ2n) is 6.03. The summed E-state index contributed by atoms with van der Waals surface area (Å²) in [5.74, 6) is 0. The van der Waals surface area contributed by atoms with Gasteiger partial charge in [-0.2, -0.15) is 0 Å². The first-order valence-corrected chi connectivity index (χ1v) is 7.28. The van der Waals surface area contributed by atoms with Crippen LogP contribution < -0.4 is 5.32 Å². The molecule has 0 saturated heterocycles. The fourth-order valence-electron chi connectivity index (χ4n) is 2.61. The van der Waals surface area contributed by atoms with E-state index in [2.05, 4.69) is 24.2 Å². The van der Waals surface area contributed by atoms with Gasteiger partial charge in [0.25, 0.3) is 0 Å². The summed E-state index contributed by atoms with van der Waals surface area (Å²) in [6.07, 6.45) is 8.70. The third-order valence-electron chi connectivity index (χ3n) is 4.40. The quantitative estimate of drug-likeness (QED) is 0.644. The Labute approximate surface area is 106 Å². The minimum absolute atomic E-state index is 0.00838. The van der Waals surface area contributed by atoms with Crippen LogP contribution in [0.25, 0.3) is 0 Å². The Kier molecular flexibility index (Phi) is 4.45. The number of nitrogens with one attached hydrogen (secondary N) is 1. The third-order valence-corrected chi connectivity index (χ3v) is 4.40. The minimum atomic E-state index is -0.00838. The third kappa shape index (κ3) is 3.94. The van der Waals surface area contributed by atoms with Crippen LogP contribution in [-0.4, -0.2) is 47.8 Å². The summed E-state index contributed by atoms with van der Waals surface area (Å²) >= 11 is 0. The van der Waals surface area contributed by atoms with Crippen molar-refractivity contribution in [2.45, 2.75) is 69.5 Å². The molecule has 0 aliphatic heterocycles. The molecule has 0 aromatic rings. The Bertz CT molecular complexity index is 232. The van der Waals surface area contributed by atoms with Gasteiger partial charge in [0.15, 0.2) is 0 Å². The lowest BCUT2D eigenvalue weighted by Crippen LogP contribution is -2.49. The molecule has 2 aliphatic carbocycles. The average Bonchev–Trinajstić information content (AvgIpc) is 3.19. The zero-order valence-corrected chi connectivity index (χ0v) is 11.4. The van der Waals surface area contributed by atoms with Crippen LogP contribution in [-0.2, 0) is 0 Å². The Hall–Kier alpha value is -0.120. The maximum absolute atomic E-state index is 9.66. The average molecular weight is 240 g/mol. The summed E-state index contributed by atoms with van der Waals surface area (Å²) in [6.45, 7) is 3.65. The van der Waals surface area contributed by atoms with Crippen molar-refractivity contribution >= 4 is 0 Å². The number of nitrogens with zero attached hydrogens (tertiary/aromatic N) is 1. The van der Waals surface area contributed by atoms with E-state index in [0.29, 0.717) is 6.04 Å². The van der Waals surface area contributed by atoms with E-state index < -0.39 is 0 Å².